The van der Waals surface area contributed by atoms with E-state index in [1.807, 2.05) is 13.0 Å². The Hall–Kier alpha value is -3.36. The summed E-state index contributed by atoms with van der Waals surface area (Å²) in [4.78, 5) is 40.7. The molecule has 1 saturated heterocycles. The summed E-state index contributed by atoms with van der Waals surface area (Å²) >= 11 is 0. The standard InChI is InChI=1S/C20H23N5O4/c1-13-10-24(20(28)29)18-8-15(4-5-17(18)25(13)14(2)26)16-9-21-23(11-16)12-19(27)22-6-3-7-22/h4-5,8-9,11,13H,3,6-7,10,12H2,1-2H3,(H,28,29)/t13-/m0/s1. The topological polar surface area (TPSA) is 99.0 Å². The van der Waals surface area contributed by atoms with Crippen molar-refractivity contribution in [3.8, 4) is 11.1 Å². The number of carbonyl (C=O) groups is 3. The molecule has 0 saturated carbocycles. The van der Waals surface area contributed by atoms with E-state index < -0.39 is 6.09 Å². The first kappa shape index (κ1) is 19.0. The molecule has 1 fully saturated rings. The van der Waals surface area contributed by atoms with Gasteiger partial charge in [0.2, 0.25) is 11.8 Å². The SMILES string of the molecule is CC(=O)N1c2ccc(-c3cnn(CC(=O)N4CCC4)c3)cc2N(C(=O)O)C[C@@H]1C. The summed E-state index contributed by atoms with van der Waals surface area (Å²) < 4.78 is 1.59. The van der Waals surface area contributed by atoms with Gasteiger partial charge in [0, 0.05) is 38.3 Å². The van der Waals surface area contributed by atoms with Crippen molar-refractivity contribution >= 4 is 29.3 Å². The van der Waals surface area contributed by atoms with E-state index in [0.717, 1.165) is 30.6 Å². The number of likely N-dealkylation sites (tertiary alicyclic amines) is 1. The van der Waals surface area contributed by atoms with E-state index in [9.17, 15) is 19.5 Å². The first-order valence-electron chi connectivity index (χ1n) is 9.60. The maximum atomic E-state index is 12.1. The predicted octanol–water partition coefficient (Wildman–Crippen LogP) is 2.02. The molecule has 0 spiro atoms. The van der Waals surface area contributed by atoms with Gasteiger partial charge in [-0.05, 0) is 31.0 Å². The number of anilines is 2. The fourth-order valence-corrected chi connectivity index (χ4v) is 3.87. The van der Waals surface area contributed by atoms with Crippen LogP contribution < -0.4 is 9.80 Å². The Labute approximate surface area is 168 Å². The molecule has 9 nitrogen and oxygen atoms in total. The number of nitrogens with zero attached hydrogens (tertiary/aromatic N) is 5. The molecule has 1 atom stereocenters. The third-order valence-corrected chi connectivity index (χ3v) is 5.46. The first-order valence-corrected chi connectivity index (χ1v) is 9.60. The third kappa shape index (κ3) is 3.43. The lowest BCUT2D eigenvalue weighted by molar-refractivity contribution is -0.135. The fourth-order valence-electron chi connectivity index (χ4n) is 3.87. The molecule has 1 N–H and O–H groups in total. The average molecular weight is 397 g/mol. The van der Waals surface area contributed by atoms with Crippen molar-refractivity contribution in [1.82, 2.24) is 14.7 Å². The molecule has 2 aliphatic rings. The summed E-state index contributed by atoms with van der Waals surface area (Å²) in [7, 11) is 0. The molecule has 1 aromatic heterocycles. The van der Waals surface area contributed by atoms with E-state index in [1.165, 1.54) is 11.8 Å². The number of amides is 3. The van der Waals surface area contributed by atoms with Gasteiger partial charge in [-0.3, -0.25) is 19.2 Å². The van der Waals surface area contributed by atoms with Crippen LogP contribution in [0.15, 0.2) is 30.6 Å². The van der Waals surface area contributed by atoms with E-state index in [0.29, 0.717) is 11.4 Å². The van der Waals surface area contributed by atoms with E-state index >= 15 is 0 Å². The van der Waals surface area contributed by atoms with Crippen molar-refractivity contribution in [3.05, 3.63) is 30.6 Å². The molecule has 0 bridgehead atoms. The molecule has 9 heteroatoms. The van der Waals surface area contributed by atoms with Crippen molar-refractivity contribution in [3.63, 3.8) is 0 Å². The molecule has 29 heavy (non-hydrogen) atoms. The van der Waals surface area contributed by atoms with Crippen molar-refractivity contribution in [2.75, 3.05) is 29.4 Å². The molecule has 0 radical (unpaired) electrons. The predicted molar refractivity (Wildman–Crippen MR) is 107 cm³/mol. The molecule has 3 amide bonds. The van der Waals surface area contributed by atoms with Gasteiger partial charge in [-0.15, -0.1) is 0 Å². The van der Waals surface area contributed by atoms with Crippen LogP contribution in [0.1, 0.15) is 20.3 Å². The van der Waals surface area contributed by atoms with Gasteiger partial charge in [0.1, 0.15) is 6.54 Å². The molecule has 2 aromatic rings. The van der Waals surface area contributed by atoms with Gasteiger partial charge in [-0.1, -0.05) is 6.07 Å². The Bertz CT molecular complexity index is 981. The molecule has 0 unspecified atom stereocenters. The van der Waals surface area contributed by atoms with Crippen LogP contribution in [0.2, 0.25) is 0 Å². The highest BCUT2D eigenvalue weighted by molar-refractivity contribution is 6.02. The summed E-state index contributed by atoms with van der Waals surface area (Å²) in [6.45, 7) is 5.29. The summed E-state index contributed by atoms with van der Waals surface area (Å²) in [5.41, 5.74) is 2.59. The Morgan fingerprint density at radius 2 is 1.93 bits per heavy atom. The molecule has 4 rings (SSSR count). The van der Waals surface area contributed by atoms with E-state index in [-0.39, 0.29) is 30.9 Å². The number of benzene rings is 1. The summed E-state index contributed by atoms with van der Waals surface area (Å²) in [5.74, 6) is -0.0895. The monoisotopic (exact) mass is 397 g/mol. The maximum absolute atomic E-state index is 12.1. The minimum atomic E-state index is -1.06. The Morgan fingerprint density at radius 3 is 2.55 bits per heavy atom. The van der Waals surface area contributed by atoms with Gasteiger partial charge in [0.05, 0.1) is 23.6 Å². The Kier molecular flexibility index (Phi) is 4.73. The highest BCUT2D eigenvalue weighted by Crippen LogP contribution is 2.38. The van der Waals surface area contributed by atoms with Crippen LogP contribution in [-0.4, -0.2) is 63.4 Å². The number of carboxylic acid groups (broad SMARTS) is 1. The second-order valence-corrected chi connectivity index (χ2v) is 7.50. The molecule has 3 heterocycles. The van der Waals surface area contributed by atoms with Gasteiger partial charge in [-0.25, -0.2) is 4.79 Å². The van der Waals surface area contributed by atoms with Crippen LogP contribution in [0.4, 0.5) is 16.2 Å². The zero-order valence-electron chi connectivity index (χ0n) is 16.4. The highest BCUT2D eigenvalue weighted by Gasteiger charge is 2.33. The van der Waals surface area contributed by atoms with Crippen LogP contribution in [0.3, 0.4) is 0 Å². The number of aromatic nitrogens is 2. The summed E-state index contributed by atoms with van der Waals surface area (Å²) in [6, 6.07) is 5.10. The number of carbonyl (C=O) groups excluding carboxylic acids is 2. The number of hydrogen-bond donors (Lipinski definition) is 1. The first-order chi connectivity index (χ1) is 13.8. The second-order valence-electron chi connectivity index (χ2n) is 7.50. The minimum absolute atomic E-state index is 0.0412. The summed E-state index contributed by atoms with van der Waals surface area (Å²) in [5, 5.41) is 13.9. The fraction of sp³-hybridized carbons (Fsp3) is 0.400. The zero-order chi connectivity index (χ0) is 20.7. The molecule has 152 valence electrons. The highest BCUT2D eigenvalue weighted by atomic mass is 16.4. The Morgan fingerprint density at radius 1 is 1.17 bits per heavy atom. The van der Waals surface area contributed by atoms with E-state index in [1.54, 1.807) is 39.0 Å². The quantitative estimate of drug-likeness (QED) is 0.854. The Balaban J connectivity index is 1.64. The average Bonchev–Trinajstić information content (AvgIpc) is 3.06. The zero-order valence-corrected chi connectivity index (χ0v) is 16.4. The molecule has 0 aliphatic carbocycles. The van der Waals surface area contributed by atoms with Crippen molar-refractivity contribution in [2.45, 2.75) is 32.9 Å². The number of rotatable bonds is 3. The maximum Gasteiger partial charge on any atom is 0.411 e. The molecular weight excluding hydrogens is 374 g/mol. The smallest absolute Gasteiger partial charge is 0.411 e. The van der Waals surface area contributed by atoms with Crippen molar-refractivity contribution in [1.29, 1.82) is 0 Å². The van der Waals surface area contributed by atoms with Gasteiger partial charge in [0.25, 0.3) is 0 Å². The second kappa shape index (κ2) is 7.23. The normalized spacial score (nSPS) is 18.3. The molecule has 2 aliphatic heterocycles. The van der Waals surface area contributed by atoms with E-state index in [4.69, 9.17) is 0 Å². The van der Waals surface area contributed by atoms with Crippen molar-refractivity contribution < 1.29 is 19.5 Å². The van der Waals surface area contributed by atoms with E-state index in [2.05, 4.69) is 5.10 Å². The van der Waals surface area contributed by atoms with Crippen LogP contribution in [0.5, 0.6) is 0 Å². The lowest BCUT2D eigenvalue weighted by Crippen LogP contribution is -2.51. The van der Waals surface area contributed by atoms with Gasteiger partial charge < -0.3 is 14.9 Å². The molecular formula is C20H23N5O4. The minimum Gasteiger partial charge on any atom is -0.465 e. The van der Waals surface area contributed by atoms with Crippen LogP contribution in [-0.2, 0) is 16.1 Å². The lowest BCUT2D eigenvalue weighted by Gasteiger charge is -2.39. The van der Waals surface area contributed by atoms with Crippen molar-refractivity contribution in [2.24, 2.45) is 0 Å². The lowest BCUT2D eigenvalue weighted by atomic mass is 10.0. The number of fused-ring (bicyclic) bond motifs is 1. The van der Waals surface area contributed by atoms with Gasteiger partial charge in [0.15, 0.2) is 0 Å². The van der Waals surface area contributed by atoms with Crippen LogP contribution in [0.25, 0.3) is 11.1 Å². The third-order valence-electron chi connectivity index (χ3n) is 5.46. The van der Waals surface area contributed by atoms with Crippen LogP contribution in [0, 0.1) is 0 Å². The van der Waals surface area contributed by atoms with Crippen LogP contribution >= 0.6 is 0 Å². The number of hydrogen-bond acceptors (Lipinski definition) is 4. The molecule has 1 aromatic carbocycles. The van der Waals surface area contributed by atoms with Gasteiger partial charge in [-0.2, -0.15) is 5.10 Å². The van der Waals surface area contributed by atoms with Gasteiger partial charge >= 0.3 is 6.09 Å². The largest absolute Gasteiger partial charge is 0.465 e. The summed E-state index contributed by atoms with van der Waals surface area (Å²) in [6.07, 6.45) is 3.42.